The van der Waals surface area contributed by atoms with Crippen molar-refractivity contribution in [2.45, 2.75) is 0 Å². The zero-order chi connectivity index (χ0) is 14.5. The number of nitrogen functional groups attached to an aromatic ring is 2. The van der Waals surface area contributed by atoms with Crippen molar-refractivity contribution in [1.82, 2.24) is 4.98 Å². The highest BCUT2D eigenvalue weighted by atomic mass is 16.4. The number of aromatic carboxylic acids is 1. The lowest BCUT2D eigenvalue weighted by atomic mass is 10.2. The number of nitrogens with one attached hydrogen (secondary N) is 1. The van der Waals surface area contributed by atoms with Crippen LogP contribution in [0.1, 0.15) is 10.5 Å². The lowest BCUT2D eigenvalue weighted by Crippen LogP contribution is -1.94. The van der Waals surface area contributed by atoms with Crippen LogP contribution in [0.3, 0.4) is 0 Å². The summed E-state index contributed by atoms with van der Waals surface area (Å²) in [6, 6.07) is 16.2. The lowest BCUT2D eigenvalue weighted by molar-refractivity contribution is 0.0691. The second kappa shape index (κ2) is 5.79. The summed E-state index contributed by atoms with van der Waals surface area (Å²) in [5.74, 6) is -0.925. The highest BCUT2D eigenvalue weighted by molar-refractivity contribution is 5.93. The zero-order valence-electron chi connectivity index (χ0n) is 10.7. The van der Waals surface area contributed by atoms with Crippen LogP contribution >= 0.6 is 0 Å². The molecule has 0 aliphatic heterocycles. The summed E-state index contributed by atoms with van der Waals surface area (Å²) >= 11 is 0. The fourth-order valence-corrected chi connectivity index (χ4v) is 1.68. The molecule has 0 saturated heterocycles. The fraction of sp³-hybridized carbons (Fsp3) is 0. The third kappa shape index (κ3) is 3.29. The minimum absolute atomic E-state index is 0.233. The van der Waals surface area contributed by atoms with E-state index in [9.17, 15) is 4.79 Å². The number of aromatic amines is 1. The van der Waals surface area contributed by atoms with Gasteiger partial charge in [0.2, 0.25) is 0 Å². The summed E-state index contributed by atoms with van der Waals surface area (Å²) in [4.78, 5) is 13.3. The molecular weight excluding hydrogens is 254 g/mol. The third-order valence-electron chi connectivity index (χ3n) is 2.70. The van der Waals surface area contributed by atoms with Gasteiger partial charge in [-0.2, -0.15) is 0 Å². The number of carboxylic acids is 1. The molecule has 0 aliphatic carbocycles. The maximum Gasteiger partial charge on any atom is 0.352 e. The number of carboxylic acid groups (broad SMARTS) is 1. The van der Waals surface area contributed by atoms with Crippen molar-refractivity contribution >= 4 is 28.2 Å². The second-order valence-electron chi connectivity index (χ2n) is 4.24. The molecule has 5 nitrogen and oxygen atoms in total. The molecule has 0 spiro atoms. The van der Waals surface area contributed by atoms with Gasteiger partial charge in [0, 0.05) is 22.3 Å². The second-order valence-corrected chi connectivity index (χ2v) is 4.24. The molecule has 0 unspecified atom stereocenters. The Morgan fingerprint density at radius 2 is 1.50 bits per heavy atom. The first kappa shape index (κ1) is 13.5. The van der Waals surface area contributed by atoms with Crippen LogP contribution in [0.2, 0.25) is 0 Å². The van der Waals surface area contributed by atoms with E-state index < -0.39 is 5.97 Å². The number of nitrogens with two attached hydrogens (primary N) is 2. The number of fused-ring (bicyclic) bond motifs is 1. The number of benzene rings is 2. The molecule has 3 rings (SSSR count). The van der Waals surface area contributed by atoms with Gasteiger partial charge in [0.25, 0.3) is 0 Å². The molecule has 6 N–H and O–H groups in total. The minimum Gasteiger partial charge on any atom is -0.477 e. The standard InChI is InChI=1S/C9H7NO2.C6H8N2/c11-9(12)8-5-6-3-1-2-4-7(6)10-8;7-5-1-2-6(8)4-3-5/h1-5,10H,(H,11,12);1-4H,7-8H2. The molecule has 5 heteroatoms. The van der Waals surface area contributed by atoms with E-state index in [0.717, 1.165) is 22.3 Å². The molecule has 2 aromatic carbocycles. The molecule has 102 valence electrons. The topological polar surface area (TPSA) is 105 Å². The van der Waals surface area contributed by atoms with Crippen molar-refractivity contribution in [1.29, 1.82) is 0 Å². The molecule has 20 heavy (non-hydrogen) atoms. The lowest BCUT2D eigenvalue weighted by Gasteiger charge is -1.90. The van der Waals surface area contributed by atoms with Crippen molar-refractivity contribution in [2.24, 2.45) is 0 Å². The molecule has 0 bridgehead atoms. The summed E-state index contributed by atoms with van der Waals surface area (Å²) in [5.41, 5.74) is 13.3. The maximum absolute atomic E-state index is 10.5. The molecule has 0 radical (unpaired) electrons. The molecule has 0 amide bonds. The number of hydrogen-bond donors (Lipinski definition) is 4. The minimum atomic E-state index is -0.925. The Morgan fingerprint density at radius 1 is 0.950 bits per heavy atom. The summed E-state index contributed by atoms with van der Waals surface area (Å²) in [6.07, 6.45) is 0. The molecule has 0 saturated carbocycles. The predicted octanol–water partition coefficient (Wildman–Crippen LogP) is 2.72. The Morgan fingerprint density at radius 3 is 2.00 bits per heavy atom. The SMILES string of the molecule is Nc1ccc(N)cc1.O=C(O)c1cc2ccccc2[nH]1. The van der Waals surface area contributed by atoms with E-state index in [1.807, 2.05) is 24.3 Å². The molecule has 0 atom stereocenters. The Bertz CT molecular complexity index is 663. The largest absolute Gasteiger partial charge is 0.477 e. The Kier molecular flexibility index (Phi) is 3.91. The van der Waals surface area contributed by atoms with Crippen LogP contribution in [0.25, 0.3) is 10.9 Å². The van der Waals surface area contributed by atoms with Crippen molar-refractivity contribution in [2.75, 3.05) is 11.5 Å². The normalized spacial score (nSPS) is 9.80. The van der Waals surface area contributed by atoms with Gasteiger partial charge in [-0.15, -0.1) is 0 Å². The molecule has 0 fully saturated rings. The highest BCUT2D eigenvalue weighted by Crippen LogP contribution is 2.14. The van der Waals surface area contributed by atoms with E-state index in [2.05, 4.69) is 4.98 Å². The van der Waals surface area contributed by atoms with Crippen LogP contribution in [0.4, 0.5) is 11.4 Å². The van der Waals surface area contributed by atoms with E-state index in [1.165, 1.54) is 0 Å². The van der Waals surface area contributed by atoms with Gasteiger partial charge in [-0.3, -0.25) is 0 Å². The van der Waals surface area contributed by atoms with Gasteiger partial charge in [-0.1, -0.05) is 18.2 Å². The van der Waals surface area contributed by atoms with E-state index in [4.69, 9.17) is 16.6 Å². The molecule has 3 aromatic rings. The Hall–Kier alpha value is -2.95. The van der Waals surface area contributed by atoms with Crippen molar-refractivity contribution in [3.8, 4) is 0 Å². The van der Waals surface area contributed by atoms with Gasteiger partial charge in [0.1, 0.15) is 5.69 Å². The first-order valence-corrected chi connectivity index (χ1v) is 5.98. The number of anilines is 2. The molecule has 0 aliphatic rings. The highest BCUT2D eigenvalue weighted by Gasteiger charge is 2.05. The first-order valence-electron chi connectivity index (χ1n) is 5.98. The van der Waals surface area contributed by atoms with Crippen LogP contribution in [0, 0.1) is 0 Å². The van der Waals surface area contributed by atoms with E-state index >= 15 is 0 Å². The summed E-state index contributed by atoms with van der Waals surface area (Å²) in [5, 5.41) is 9.58. The zero-order valence-corrected chi connectivity index (χ0v) is 10.7. The number of carbonyl (C=O) groups is 1. The third-order valence-corrected chi connectivity index (χ3v) is 2.70. The molecule has 1 heterocycles. The van der Waals surface area contributed by atoms with Gasteiger partial charge in [0.05, 0.1) is 0 Å². The average molecular weight is 269 g/mol. The van der Waals surface area contributed by atoms with Gasteiger partial charge in [-0.25, -0.2) is 4.79 Å². The smallest absolute Gasteiger partial charge is 0.352 e. The summed E-state index contributed by atoms with van der Waals surface area (Å²) in [7, 11) is 0. The first-order chi connectivity index (χ1) is 9.56. The van der Waals surface area contributed by atoms with Gasteiger partial charge < -0.3 is 21.6 Å². The number of H-pyrrole nitrogens is 1. The number of para-hydroxylation sites is 1. The van der Waals surface area contributed by atoms with E-state index in [-0.39, 0.29) is 5.69 Å². The number of hydrogen-bond acceptors (Lipinski definition) is 3. The fourth-order valence-electron chi connectivity index (χ4n) is 1.68. The van der Waals surface area contributed by atoms with Crippen LogP contribution in [-0.4, -0.2) is 16.1 Å². The predicted molar refractivity (Wildman–Crippen MR) is 80.5 cm³/mol. The number of rotatable bonds is 1. The maximum atomic E-state index is 10.5. The van der Waals surface area contributed by atoms with Crippen LogP contribution < -0.4 is 11.5 Å². The van der Waals surface area contributed by atoms with Crippen molar-refractivity contribution < 1.29 is 9.90 Å². The molecular formula is C15H15N3O2. The van der Waals surface area contributed by atoms with Gasteiger partial charge >= 0.3 is 5.97 Å². The monoisotopic (exact) mass is 269 g/mol. The Balaban J connectivity index is 0.000000160. The summed E-state index contributed by atoms with van der Waals surface area (Å²) < 4.78 is 0. The number of aromatic nitrogens is 1. The summed E-state index contributed by atoms with van der Waals surface area (Å²) in [6.45, 7) is 0. The Labute approximate surface area is 115 Å². The van der Waals surface area contributed by atoms with Gasteiger partial charge in [0.15, 0.2) is 0 Å². The van der Waals surface area contributed by atoms with Crippen LogP contribution in [0.15, 0.2) is 54.6 Å². The van der Waals surface area contributed by atoms with E-state index in [1.54, 1.807) is 30.3 Å². The van der Waals surface area contributed by atoms with Gasteiger partial charge in [-0.05, 0) is 36.4 Å². The van der Waals surface area contributed by atoms with E-state index in [0.29, 0.717) is 0 Å². The average Bonchev–Trinajstić information content (AvgIpc) is 2.87. The quantitative estimate of drug-likeness (QED) is 0.510. The van der Waals surface area contributed by atoms with Crippen molar-refractivity contribution in [3.05, 3.63) is 60.3 Å². The van der Waals surface area contributed by atoms with Crippen LogP contribution in [-0.2, 0) is 0 Å². The van der Waals surface area contributed by atoms with Crippen LogP contribution in [0.5, 0.6) is 0 Å². The van der Waals surface area contributed by atoms with Crippen molar-refractivity contribution in [3.63, 3.8) is 0 Å². The molecule has 1 aromatic heterocycles.